The number of carbonyl (C=O) groups is 2. The molecule has 1 heterocycles. The van der Waals surface area contributed by atoms with Crippen LogP contribution in [0.1, 0.15) is 24.0 Å². The second-order valence-electron chi connectivity index (χ2n) is 7.01. The highest BCUT2D eigenvalue weighted by Gasteiger charge is 2.35. The molecule has 2 aliphatic rings. The van der Waals surface area contributed by atoms with Gasteiger partial charge in [0.1, 0.15) is 0 Å². The molecule has 27 heavy (non-hydrogen) atoms. The van der Waals surface area contributed by atoms with Crippen molar-refractivity contribution in [3.8, 4) is 0 Å². The van der Waals surface area contributed by atoms with Crippen LogP contribution in [0.15, 0.2) is 42.5 Å². The van der Waals surface area contributed by atoms with Crippen molar-refractivity contribution in [2.75, 3.05) is 16.8 Å². The molecule has 1 saturated heterocycles. The van der Waals surface area contributed by atoms with E-state index in [4.69, 9.17) is 0 Å². The lowest BCUT2D eigenvalue weighted by Crippen LogP contribution is -2.28. The molecule has 1 atom stereocenters. The largest absolute Gasteiger partial charge is 0.326 e. The van der Waals surface area contributed by atoms with Crippen LogP contribution in [0.2, 0.25) is 0 Å². The highest BCUT2D eigenvalue weighted by Crippen LogP contribution is 2.31. The van der Waals surface area contributed by atoms with Crippen molar-refractivity contribution in [3.63, 3.8) is 0 Å². The normalized spacial score (nSPS) is 18.4. The van der Waals surface area contributed by atoms with Gasteiger partial charge in [-0.05, 0) is 54.7 Å². The summed E-state index contributed by atoms with van der Waals surface area (Å²) in [7, 11) is 0. The zero-order valence-electron chi connectivity index (χ0n) is 14.7. The van der Waals surface area contributed by atoms with Crippen molar-refractivity contribution in [2.45, 2.75) is 25.7 Å². The zero-order chi connectivity index (χ0) is 19.0. The number of nitrogens with one attached hydrogen (secondary N) is 1. The van der Waals surface area contributed by atoms with Gasteiger partial charge in [-0.1, -0.05) is 6.07 Å². The molecule has 1 aliphatic carbocycles. The van der Waals surface area contributed by atoms with Gasteiger partial charge in [0.25, 0.3) is 5.69 Å². The molecule has 1 fully saturated rings. The summed E-state index contributed by atoms with van der Waals surface area (Å²) in [6.45, 7) is 0.344. The number of carbonyl (C=O) groups excluding carboxylic acids is 2. The summed E-state index contributed by atoms with van der Waals surface area (Å²) in [5.41, 5.74) is 3.93. The van der Waals surface area contributed by atoms with Crippen molar-refractivity contribution in [2.24, 2.45) is 5.92 Å². The van der Waals surface area contributed by atoms with Crippen molar-refractivity contribution in [1.82, 2.24) is 0 Å². The van der Waals surface area contributed by atoms with Crippen LogP contribution in [0.5, 0.6) is 0 Å². The number of nitrogens with zero attached hydrogens (tertiary/aromatic N) is 2. The quantitative estimate of drug-likeness (QED) is 0.666. The second-order valence-corrected chi connectivity index (χ2v) is 7.01. The number of hydrogen-bond acceptors (Lipinski definition) is 4. The first-order valence-corrected chi connectivity index (χ1v) is 8.99. The van der Waals surface area contributed by atoms with E-state index in [1.165, 1.54) is 35.4 Å². The lowest BCUT2D eigenvalue weighted by molar-refractivity contribution is -0.384. The first-order valence-electron chi connectivity index (χ1n) is 8.99. The van der Waals surface area contributed by atoms with Gasteiger partial charge in [-0.15, -0.1) is 0 Å². The molecule has 7 heteroatoms. The molecule has 0 aromatic heterocycles. The summed E-state index contributed by atoms with van der Waals surface area (Å²) in [6, 6.07) is 11.8. The lowest BCUT2D eigenvalue weighted by atomic mass is 10.1. The fourth-order valence-corrected chi connectivity index (χ4v) is 3.77. The molecule has 1 aliphatic heterocycles. The SMILES string of the molecule is O=C(Nc1ccc([N+](=O)[O-])cc1)C1CC(=O)N(c2ccc3c(c2)CCC3)C1. The van der Waals surface area contributed by atoms with Crippen molar-refractivity contribution in [3.05, 3.63) is 63.7 Å². The smallest absolute Gasteiger partial charge is 0.269 e. The Morgan fingerprint density at radius 1 is 1.11 bits per heavy atom. The Hall–Kier alpha value is -3.22. The van der Waals surface area contributed by atoms with Crippen molar-refractivity contribution in [1.29, 1.82) is 0 Å². The minimum atomic E-state index is -0.490. The Labute approximate surface area is 156 Å². The molecule has 138 valence electrons. The second kappa shape index (κ2) is 6.83. The molecule has 0 saturated carbocycles. The number of nitro groups is 1. The number of fused-ring (bicyclic) bond motifs is 1. The average molecular weight is 365 g/mol. The molecular formula is C20H19N3O4. The van der Waals surface area contributed by atoms with Crippen LogP contribution in [-0.4, -0.2) is 23.3 Å². The summed E-state index contributed by atoms with van der Waals surface area (Å²) in [5.74, 6) is -0.751. The summed E-state index contributed by atoms with van der Waals surface area (Å²) in [4.78, 5) is 36.8. The molecule has 0 spiro atoms. The minimum absolute atomic E-state index is 0.0353. The molecule has 0 radical (unpaired) electrons. The predicted molar refractivity (Wildman–Crippen MR) is 101 cm³/mol. The highest BCUT2D eigenvalue weighted by atomic mass is 16.6. The highest BCUT2D eigenvalue weighted by molar-refractivity contribution is 6.03. The zero-order valence-corrected chi connectivity index (χ0v) is 14.7. The summed E-state index contributed by atoms with van der Waals surface area (Å²) < 4.78 is 0. The Bertz CT molecular complexity index is 923. The average Bonchev–Trinajstić information content (AvgIpc) is 3.27. The number of non-ortho nitro benzene ring substituents is 1. The Kier molecular flexibility index (Phi) is 4.35. The molecule has 2 aromatic carbocycles. The van der Waals surface area contributed by atoms with Gasteiger partial charge in [0.05, 0.1) is 10.8 Å². The van der Waals surface area contributed by atoms with E-state index in [9.17, 15) is 19.7 Å². The molecule has 1 N–H and O–H groups in total. The third-order valence-corrected chi connectivity index (χ3v) is 5.24. The number of nitro benzene ring substituents is 1. The van der Waals surface area contributed by atoms with E-state index in [0.717, 1.165) is 24.9 Å². The molecule has 4 rings (SSSR count). The van der Waals surface area contributed by atoms with E-state index >= 15 is 0 Å². The van der Waals surface area contributed by atoms with Crippen LogP contribution in [0.4, 0.5) is 17.1 Å². The van der Waals surface area contributed by atoms with Gasteiger partial charge in [-0.3, -0.25) is 19.7 Å². The standard InChI is InChI=1S/C20H19N3O4/c24-19-11-15(20(25)21-16-5-8-17(9-6-16)23(26)27)12-22(19)18-7-4-13-2-1-3-14(13)10-18/h4-10,15H,1-3,11-12H2,(H,21,25). The molecule has 0 bridgehead atoms. The van der Waals surface area contributed by atoms with Crippen LogP contribution >= 0.6 is 0 Å². The Balaban J connectivity index is 1.44. The molecule has 1 unspecified atom stereocenters. The number of aryl methyl sites for hydroxylation is 2. The van der Waals surface area contributed by atoms with Crippen LogP contribution < -0.4 is 10.2 Å². The predicted octanol–water partition coefficient (Wildman–Crippen LogP) is 3.08. The minimum Gasteiger partial charge on any atom is -0.326 e. The van der Waals surface area contributed by atoms with Gasteiger partial charge >= 0.3 is 0 Å². The van der Waals surface area contributed by atoms with Crippen LogP contribution in [-0.2, 0) is 22.4 Å². The van der Waals surface area contributed by atoms with E-state index < -0.39 is 10.8 Å². The van der Waals surface area contributed by atoms with Crippen LogP contribution in [0.3, 0.4) is 0 Å². The van der Waals surface area contributed by atoms with E-state index in [2.05, 4.69) is 17.4 Å². The Morgan fingerprint density at radius 2 is 1.85 bits per heavy atom. The number of anilines is 2. The Morgan fingerprint density at radius 3 is 2.59 bits per heavy atom. The third-order valence-electron chi connectivity index (χ3n) is 5.24. The molecule has 7 nitrogen and oxygen atoms in total. The number of rotatable bonds is 4. The topological polar surface area (TPSA) is 92.5 Å². The van der Waals surface area contributed by atoms with E-state index in [1.54, 1.807) is 4.90 Å². The van der Waals surface area contributed by atoms with E-state index in [1.807, 2.05) is 6.07 Å². The van der Waals surface area contributed by atoms with Gasteiger partial charge in [0, 0.05) is 36.5 Å². The van der Waals surface area contributed by atoms with Gasteiger partial charge in [-0.2, -0.15) is 0 Å². The summed E-state index contributed by atoms with van der Waals surface area (Å²) in [5, 5.41) is 13.4. The number of hydrogen-bond donors (Lipinski definition) is 1. The number of benzene rings is 2. The van der Waals surface area contributed by atoms with Gasteiger partial charge < -0.3 is 10.2 Å². The maximum absolute atomic E-state index is 12.5. The van der Waals surface area contributed by atoms with Crippen LogP contribution in [0.25, 0.3) is 0 Å². The first-order chi connectivity index (χ1) is 13.0. The van der Waals surface area contributed by atoms with Crippen molar-refractivity contribution >= 4 is 28.9 Å². The van der Waals surface area contributed by atoms with E-state index in [-0.39, 0.29) is 23.9 Å². The molecule has 2 amide bonds. The maximum atomic E-state index is 12.5. The summed E-state index contributed by atoms with van der Waals surface area (Å²) in [6.07, 6.45) is 3.43. The van der Waals surface area contributed by atoms with Gasteiger partial charge in [0.2, 0.25) is 11.8 Å². The fraction of sp³-hybridized carbons (Fsp3) is 0.300. The summed E-state index contributed by atoms with van der Waals surface area (Å²) >= 11 is 0. The third kappa shape index (κ3) is 3.40. The molecule has 2 aromatic rings. The first kappa shape index (κ1) is 17.2. The molecular weight excluding hydrogens is 346 g/mol. The lowest BCUT2D eigenvalue weighted by Gasteiger charge is -2.18. The van der Waals surface area contributed by atoms with Crippen molar-refractivity contribution < 1.29 is 14.5 Å². The van der Waals surface area contributed by atoms with Gasteiger partial charge in [-0.25, -0.2) is 0 Å². The fourth-order valence-electron chi connectivity index (χ4n) is 3.77. The van der Waals surface area contributed by atoms with E-state index in [0.29, 0.717) is 12.2 Å². The maximum Gasteiger partial charge on any atom is 0.269 e. The van der Waals surface area contributed by atoms with Crippen LogP contribution in [0, 0.1) is 16.0 Å². The van der Waals surface area contributed by atoms with Gasteiger partial charge in [0.15, 0.2) is 0 Å². The monoisotopic (exact) mass is 365 g/mol. The number of amides is 2.